The first-order valence-corrected chi connectivity index (χ1v) is 14.3. The number of hydrogen-bond donors (Lipinski definition) is 3. The van der Waals surface area contributed by atoms with Crippen molar-refractivity contribution >= 4 is 28.6 Å². The molecule has 1 saturated carbocycles. The summed E-state index contributed by atoms with van der Waals surface area (Å²) < 4.78 is 12.9. The van der Waals surface area contributed by atoms with Crippen LogP contribution in [0, 0.1) is 5.41 Å². The number of carbonyl (C=O) groups is 2. The number of aliphatic hydroxyl groups excluding tert-OH is 1. The molecule has 11 heteroatoms. The molecule has 0 radical (unpaired) electrons. The van der Waals surface area contributed by atoms with E-state index in [4.69, 9.17) is 15.2 Å². The fraction of sp³-hybridized carbons (Fsp3) is 0.567. The largest absolute Gasteiger partial charge is 0.509 e. The summed E-state index contributed by atoms with van der Waals surface area (Å²) in [6.07, 6.45) is 7.40. The van der Waals surface area contributed by atoms with Crippen molar-refractivity contribution in [1.82, 2.24) is 19.6 Å². The minimum absolute atomic E-state index is 0.0970. The van der Waals surface area contributed by atoms with E-state index < -0.39 is 11.0 Å². The number of likely N-dealkylation sites (tertiary alicyclic amines) is 1. The van der Waals surface area contributed by atoms with Gasteiger partial charge in [0.1, 0.15) is 22.5 Å². The number of allylic oxidation sites excluding steroid dienone is 1. The number of nitrogens with zero attached hydrogens (tertiary/aromatic N) is 4. The molecule has 2 aromatic rings. The van der Waals surface area contributed by atoms with Crippen molar-refractivity contribution in [2.45, 2.75) is 77.5 Å². The van der Waals surface area contributed by atoms with Crippen LogP contribution in [-0.4, -0.2) is 74.6 Å². The van der Waals surface area contributed by atoms with Gasteiger partial charge in [-0.05, 0) is 65.9 Å². The smallest absolute Gasteiger partial charge is 0.410 e. The molecule has 222 valence electrons. The Labute approximate surface area is 240 Å². The molecule has 0 bridgehead atoms. The number of carbonyl (C=O) groups excluding carboxylic acids is 2. The average Bonchev–Trinajstić information content (AvgIpc) is 3.66. The van der Waals surface area contributed by atoms with Crippen LogP contribution in [0.15, 0.2) is 41.6 Å². The summed E-state index contributed by atoms with van der Waals surface area (Å²) in [6.45, 7) is 8.72. The van der Waals surface area contributed by atoms with Crippen LogP contribution >= 0.6 is 0 Å². The molecule has 2 aliphatic carbocycles. The zero-order valence-corrected chi connectivity index (χ0v) is 24.9. The van der Waals surface area contributed by atoms with Gasteiger partial charge in [-0.3, -0.25) is 9.48 Å². The van der Waals surface area contributed by atoms with Crippen molar-refractivity contribution in [3.8, 4) is 5.75 Å². The molecule has 41 heavy (non-hydrogen) atoms. The highest BCUT2D eigenvalue weighted by molar-refractivity contribution is 6.00. The Bertz CT molecular complexity index is 1410. The summed E-state index contributed by atoms with van der Waals surface area (Å²) in [4.78, 5) is 30.6. The Morgan fingerprint density at radius 1 is 1.17 bits per heavy atom. The van der Waals surface area contributed by atoms with Crippen LogP contribution in [0.3, 0.4) is 0 Å². The highest BCUT2D eigenvalue weighted by Gasteiger charge is 2.44. The van der Waals surface area contributed by atoms with Gasteiger partial charge in [-0.15, -0.1) is 0 Å². The zero-order chi connectivity index (χ0) is 29.7. The number of anilines is 1. The van der Waals surface area contributed by atoms with Crippen molar-refractivity contribution in [2.24, 2.45) is 18.2 Å². The average molecular weight is 567 g/mol. The topological polar surface area (TPSA) is 135 Å². The molecule has 1 aliphatic heterocycles. The maximum absolute atomic E-state index is 13.6. The highest BCUT2D eigenvalue weighted by atomic mass is 16.6. The van der Waals surface area contributed by atoms with E-state index in [0.29, 0.717) is 24.5 Å². The number of ether oxygens (including phenoxy) is 2. The number of piperidine rings is 1. The molecule has 1 aromatic heterocycles. The molecule has 2 heterocycles. The predicted molar refractivity (Wildman–Crippen MR) is 156 cm³/mol. The maximum atomic E-state index is 13.6. The van der Waals surface area contributed by atoms with E-state index >= 15 is 0 Å². The molecular weight excluding hydrogens is 524 g/mol. The molecule has 1 atom stereocenters. The minimum Gasteiger partial charge on any atom is -0.509 e. The Kier molecular flexibility index (Phi) is 7.33. The summed E-state index contributed by atoms with van der Waals surface area (Å²) in [5.74, 6) is -0.0542. The van der Waals surface area contributed by atoms with E-state index in [1.807, 2.05) is 51.1 Å². The number of aromatic nitrogens is 2. The first kappa shape index (κ1) is 28.6. The lowest BCUT2D eigenvalue weighted by Gasteiger charge is -2.42. The number of amides is 2. The van der Waals surface area contributed by atoms with Gasteiger partial charge < -0.3 is 35.4 Å². The van der Waals surface area contributed by atoms with E-state index in [9.17, 15) is 14.7 Å². The fourth-order valence-electron chi connectivity index (χ4n) is 5.78. The molecule has 2 fully saturated rings. The van der Waals surface area contributed by atoms with Gasteiger partial charge in [0.15, 0.2) is 0 Å². The van der Waals surface area contributed by atoms with Gasteiger partial charge in [-0.1, -0.05) is 6.08 Å². The summed E-state index contributed by atoms with van der Waals surface area (Å²) in [5, 5.41) is 19.4. The molecule has 1 saturated heterocycles. The zero-order valence-electron chi connectivity index (χ0n) is 24.9. The van der Waals surface area contributed by atoms with Crippen LogP contribution in [0.25, 0.3) is 10.9 Å². The van der Waals surface area contributed by atoms with Crippen LogP contribution in [0.5, 0.6) is 5.75 Å². The third-order valence-electron chi connectivity index (χ3n) is 8.19. The second-order valence-electron chi connectivity index (χ2n) is 12.6. The van der Waals surface area contributed by atoms with Crippen LogP contribution in [0.4, 0.5) is 10.5 Å². The molecule has 5 rings (SSSR count). The Balaban J connectivity index is 1.27. The van der Waals surface area contributed by atoms with Crippen LogP contribution < -0.4 is 15.8 Å². The number of hydrogen-bond acceptors (Lipinski definition) is 8. The van der Waals surface area contributed by atoms with Gasteiger partial charge in [-0.2, -0.15) is 5.10 Å². The van der Waals surface area contributed by atoms with Gasteiger partial charge in [0, 0.05) is 49.9 Å². The summed E-state index contributed by atoms with van der Waals surface area (Å²) in [7, 11) is 3.36. The standard InChI is InChI=1S/C30H42N6O5/c1-29(2,3)41-28(39)36(19-7-8-19)20-10-13-35(14-11-20)23-9-12-30(4,26(37)25(23)31)27(38)32-22-15-18-17-34(5)33-21(18)16-24(22)40-6/h9,15-17,19-20,37H,7-8,10-14,31H2,1-6H3,(H,32,38). The lowest BCUT2D eigenvalue weighted by atomic mass is 9.78. The van der Waals surface area contributed by atoms with Crippen LogP contribution in [0.2, 0.25) is 0 Å². The second kappa shape index (κ2) is 10.5. The molecule has 2 amide bonds. The van der Waals surface area contributed by atoms with Gasteiger partial charge in [-0.25, -0.2) is 4.79 Å². The van der Waals surface area contributed by atoms with Gasteiger partial charge in [0.25, 0.3) is 0 Å². The van der Waals surface area contributed by atoms with Crippen molar-refractivity contribution < 1.29 is 24.2 Å². The fourth-order valence-corrected chi connectivity index (χ4v) is 5.78. The number of nitrogens with two attached hydrogens (primary N) is 1. The third kappa shape index (κ3) is 5.67. The van der Waals surface area contributed by atoms with E-state index in [0.717, 1.165) is 42.3 Å². The normalized spacial score (nSPS) is 22.0. The second-order valence-corrected chi connectivity index (χ2v) is 12.6. The lowest BCUT2D eigenvalue weighted by Crippen LogP contribution is -2.50. The molecule has 4 N–H and O–H groups in total. The molecule has 1 unspecified atom stereocenters. The number of fused-ring (bicyclic) bond motifs is 1. The number of nitrogens with one attached hydrogen (secondary N) is 1. The van der Waals surface area contributed by atoms with Crippen LogP contribution in [0.1, 0.15) is 59.8 Å². The number of rotatable bonds is 6. The molecule has 3 aliphatic rings. The summed E-state index contributed by atoms with van der Waals surface area (Å²) >= 11 is 0. The van der Waals surface area contributed by atoms with Crippen molar-refractivity contribution in [2.75, 3.05) is 25.5 Å². The monoisotopic (exact) mass is 566 g/mol. The maximum Gasteiger partial charge on any atom is 0.410 e. The van der Waals surface area contributed by atoms with Crippen molar-refractivity contribution in [3.05, 3.63) is 41.6 Å². The van der Waals surface area contributed by atoms with Gasteiger partial charge in [0.05, 0.1) is 29.7 Å². The molecular formula is C30H42N6O5. The highest BCUT2D eigenvalue weighted by Crippen LogP contribution is 2.41. The predicted octanol–water partition coefficient (Wildman–Crippen LogP) is 4.41. The lowest BCUT2D eigenvalue weighted by molar-refractivity contribution is -0.124. The Hall–Kier alpha value is -3.89. The van der Waals surface area contributed by atoms with E-state index in [1.165, 1.54) is 7.11 Å². The Morgan fingerprint density at radius 3 is 2.44 bits per heavy atom. The SMILES string of the molecule is COc1cc2nn(C)cc2cc1NC(=O)C1(C)CC=C(N2CCC(N(C(=O)OC(C)(C)C)C3CC3)CC2)C(N)=C1O. The molecule has 1 aromatic carbocycles. The van der Waals surface area contributed by atoms with Crippen molar-refractivity contribution in [3.63, 3.8) is 0 Å². The summed E-state index contributed by atoms with van der Waals surface area (Å²) in [5.41, 5.74) is 6.87. The van der Waals surface area contributed by atoms with E-state index in [2.05, 4.69) is 15.3 Å². The van der Waals surface area contributed by atoms with Crippen molar-refractivity contribution in [1.29, 1.82) is 0 Å². The van der Waals surface area contributed by atoms with Gasteiger partial charge >= 0.3 is 6.09 Å². The quantitative estimate of drug-likeness (QED) is 0.468. The minimum atomic E-state index is -1.25. The molecule has 0 spiro atoms. The number of benzene rings is 1. The number of methoxy groups -OCH3 is 1. The molecule has 11 nitrogen and oxygen atoms in total. The number of aliphatic hydroxyl groups is 1. The van der Waals surface area contributed by atoms with Gasteiger partial charge in [0.2, 0.25) is 5.91 Å². The number of aryl methyl sites for hydroxylation is 1. The van der Waals surface area contributed by atoms with Crippen LogP contribution in [-0.2, 0) is 16.6 Å². The Morgan fingerprint density at radius 2 is 1.83 bits per heavy atom. The van der Waals surface area contributed by atoms with E-state index in [-0.39, 0.29) is 42.0 Å². The summed E-state index contributed by atoms with van der Waals surface area (Å²) in [6, 6.07) is 3.93. The first-order valence-electron chi connectivity index (χ1n) is 14.3. The van der Waals surface area contributed by atoms with E-state index in [1.54, 1.807) is 17.7 Å². The third-order valence-corrected chi connectivity index (χ3v) is 8.19. The first-order chi connectivity index (χ1) is 19.3.